The van der Waals surface area contributed by atoms with Crippen molar-refractivity contribution in [2.24, 2.45) is 5.92 Å². The maximum absolute atomic E-state index is 12.6. The summed E-state index contributed by atoms with van der Waals surface area (Å²) in [5, 5.41) is 2.09. The van der Waals surface area contributed by atoms with E-state index in [9.17, 15) is 4.79 Å². The van der Waals surface area contributed by atoms with E-state index in [1.54, 1.807) is 11.3 Å². The van der Waals surface area contributed by atoms with Gasteiger partial charge in [0.1, 0.15) is 10.1 Å². The second-order valence-electron chi connectivity index (χ2n) is 6.41. The molecule has 2 heterocycles. The fraction of sp³-hybridized carbons (Fsp3) is 0.474. The Kier molecular flexibility index (Phi) is 6.37. The third-order valence-electron chi connectivity index (χ3n) is 4.37. The number of carbonyl (C=O) groups excluding carboxylic acids is 1. The Morgan fingerprint density at radius 1 is 1.36 bits per heavy atom. The van der Waals surface area contributed by atoms with E-state index >= 15 is 0 Å². The molecule has 1 aliphatic rings. The molecule has 0 saturated carbocycles. The van der Waals surface area contributed by atoms with E-state index in [1.807, 2.05) is 60.8 Å². The predicted molar refractivity (Wildman–Crippen MR) is 103 cm³/mol. The van der Waals surface area contributed by atoms with Crippen molar-refractivity contribution < 1.29 is 9.53 Å². The van der Waals surface area contributed by atoms with Crippen LogP contribution in [0.15, 0.2) is 40.1 Å². The lowest BCUT2D eigenvalue weighted by Gasteiger charge is -2.33. The van der Waals surface area contributed by atoms with Gasteiger partial charge >= 0.3 is 0 Å². The summed E-state index contributed by atoms with van der Waals surface area (Å²) in [6.45, 7) is 5.51. The van der Waals surface area contributed by atoms with Gasteiger partial charge in [0, 0.05) is 29.9 Å². The van der Waals surface area contributed by atoms with E-state index in [2.05, 4.69) is 10.4 Å². The lowest BCUT2D eigenvalue weighted by Crippen LogP contribution is -2.45. The summed E-state index contributed by atoms with van der Waals surface area (Å²) in [6, 6.07) is 9.54. The van der Waals surface area contributed by atoms with E-state index in [0.717, 1.165) is 47.5 Å². The van der Waals surface area contributed by atoms with Crippen LogP contribution in [0.5, 0.6) is 5.75 Å². The minimum atomic E-state index is -0.438. The predicted octanol–water partition coefficient (Wildman–Crippen LogP) is 4.25. The molecule has 2 aromatic rings. The molecule has 3 rings (SSSR count). The van der Waals surface area contributed by atoms with Crippen molar-refractivity contribution in [1.29, 1.82) is 0 Å². The van der Waals surface area contributed by atoms with E-state index < -0.39 is 6.10 Å². The van der Waals surface area contributed by atoms with Gasteiger partial charge in [-0.2, -0.15) is 0 Å². The average Bonchev–Trinajstić information content (AvgIpc) is 3.06. The smallest absolute Gasteiger partial charge is 0.263 e. The number of carbonyl (C=O) groups is 1. The Bertz CT molecular complexity index is 682. The van der Waals surface area contributed by atoms with E-state index in [-0.39, 0.29) is 5.91 Å². The van der Waals surface area contributed by atoms with Crippen LogP contribution in [0.25, 0.3) is 0 Å². The molecule has 1 atom stereocenters. The van der Waals surface area contributed by atoms with Gasteiger partial charge in [-0.3, -0.25) is 4.79 Å². The highest BCUT2D eigenvalue weighted by atomic mass is 32.2. The van der Waals surface area contributed by atoms with Crippen molar-refractivity contribution in [1.82, 2.24) is 9.88 Å². The highest BCUT2D eigenvalue weighted by Gasteiger charge is 2.27. The van der Waals surface area contributed by atoms with Crippen molar-refractivity contribution in [3.8, 4) is 5.75 Å². The molecule has 134 valence electrons. The first-order valence-electron chi connectivity index (χ1n) is 8.67. The molecule has 0 unspecified atom stereocenters. The first-order valence-corrected chi connectivity index (χ1v) is 10.5. The zero-order valence-electron chi connectivity index (χ0n) is 14.7. The number of rotatable bonds is 6. The fourth-order valence-corrected chi connectivity index (χ4v) is 4.98. The van der Waals surface area contributed by atoms with Gasteiger partial charge in [-0.25, -0.2) is 4.98 Å². The molecule has 1 aromatic carbocycles. The molecule has 1 amide bonds. The van der Waals surface area contributed by atoms with Crippen LogP contribution in [0.2, 0.25) is 0 Å². The van der Waals surface area contributed by atoms with Crippen molar-refractivity contribution in [2.45, 2.75) is 37.1 Å². The van der Waals surface area contributed by atoms with Gasteiger partial charge in [-0.15, -0.1) is 11.3 Å². The topological polar surface area (TPSA) is 42.4 Å². The number of ether oxygens (including phenoxy) is 1. The number of nitrogens with zero attached hydrogens (tertiary/aromatic N) is 2. The van der Waals surface area contributed by atoms with Gasteiger partial charge in [0.05, 0.1) is 0 Å². The Morgan fingerprint density at radius 3 is 2.72 bits per heavy atom. The molecule has 0 radical (unpaired) electrons. The Morgan fingerprint density at radius 2 is 2.08 bits per heavy atom. The highest BCUT2D eigenvalue weighted by molar-refractivity contribution is 8.01. The first kappa shape index (κ1) is 18.3. The summed E-state index contributed by atoms with van der Waals surface area (Å²) in [6.07, 6.45) is 1.68. The largest absolute Gasteiger partial charge is 0.481 e. The molecule has 25 heavy (non-hydrogen) atoms. The van der Waals surface area contributed by atoms with Crippen molar-refractivity contribution in [3.05, 3.63) is 41.4 Å². The number of hydrogen-bond donors (Lipinski definition) is 0. The third kappa shape index (κ3) is 5.22. The Hall–Kier alpha value is -1.53. The van der Waals surface area contributed by atoms with Crippen LogP contribution in [-0.2, 0) is 4.79 Å². The maximum Gasteiger partial charge on any atom is 0.263 e. The second kappa shape index (κ2) is 8.72. The highest BCUT2D eigenvalue weighted by Crippen LogP contribution is 2.28. The van der Waals surface area contributed by atoms with Gasteiger partial charge in [-0.1, -0.05) is 30.0 Å². The number of aryl methyl sites for hydroxylation is 1. The van der Waals surface area contributed by atoms with Crippen molar-refractivity contribution in [3.63, 3.8) is 0 Å². The van der Waals surface area contributed by atoms with Gasteiger partial charge in [-0.05, 0) is 44.7 Å². The molecule has 4 nitrogen and oxygen atoms in total. The summed E-state index contributed by atoms with van der Waals surface area (Å²) >= 11 is 3.56. The van der Waals surface area contributed by atoms with Gasteiger partial charge in [0.25, 0.3) is 5.91 Å². The minimum Gasteiger partial charge on any atom is -0.481 e. The zero-order chi connectivity index (χ0) is 17.6. The van der Waals surface area contributed by atoms with Crippen molar-refractivity contribution >= 4 is 29.0 Å². The van der Waals surface area contributed by atoms with E-state index in [1.165, 1.54) is 0 Å². The fourth-order valence-electron chi connectivity index (χ4n) is 2.92. The van der Waals surface area contributed by atoms with Crippen molar-refractivity contribution in [2.75, 3.05) is 18.8 Å². The van der Waals surface area contributed by atoms with Crippen LogP contribution in [-0.4, -0.2) is 40.7 Å². The standard InChI is InChI=1S/C19H24N2O2S2/c1-14-12-24-19(20-14)25-13-16-8-10-21(11-9-16)18(22)15(2)23-17-6-4-3-5-7-17/h3-7,12,15-16H,8-11,13H2,1-2H3/t15-/m0/s1. The number of thioether (sulfide) groups is 1. The van der Waals surface area contributed by atoms with E-state index in [0.29, 0.717) is 5.92 Å². The maximum atomic E-state index is 12.6. The average molecular weight is 377 g/mol. The summed E-state index contributed by atoms with van der Waals surface area (Å²) in [7, 11) is 0. The van der Waals surface area contributed by atoms with Crippen LogP contribution >= 0.6 is 23.1 Å². The number of aromatic nitrogens is 1. The number of amides is 1. The summed E-state index contributed by atoms with van der Waals surface area (Å²) < 4.78 is 6.92. The molecule has 0 spiro atoms. The molecular weight excluding hydrogens is 352 g/mol. The SMILES string of the molecule is Cc1csc(SCC2CCN(C(=O)[C@H](C)Oc3ccccc3)CC2)n1. The summed E-state index contributed by atoms with van der Waals surface area (Å²) in [4.78, 5) is 19.0. The minimum absolute atomic E-state index is 0.0884. The Labute approximate surface area is 157 Å². The van der Waals surface area contributed by atoms with Crippen LogP contribution in [0, 0.1) is 12.8 Å². The van der Waals surface area contributed by atoms with Gasteiger partial charge in [0.15, 0.2) is 6.10 Å². The molecular formula is C19H24N2O2S2. The molecule has 1 fully saturated rings. The number of piperidine rings is 1. The van der Waals surface area contributed by atoms with Gasteiger partial charge in [0.2, 0.25) is 0 Å². The number of likely N-dealkylation sites (tertiary alicyclic amines) is 1. The lowest BCUT2D eigenvalue weighted by molar-refractivity contribution is -0.139. The molecule has 0 N–H and O–H groups in total. The molecule has 1 aliphatic heterocycles. The molecule has 1 saturated heterocycles. The number of benzene rings is 1. The summed E-state index contributed by atoms with van der Waals surface area (Å²) in [5.74, 6) is 2.58. The summed E-state index contributed by atoms with van der Waals surface area (Å²) in [5.41, 5.74) is 1.10. The second-order valence-corrected chi connectivity index (χ2v) is 8.53. The van der Waals surface area contributed by atoms with E-state index in [4.69, 9.17) is 4.74 Å². The van der Waals surface area contributed by atoms with Crippen LogP contribution in [0.3, 0.4) is 0 Å². The van der Waals surface area contributed by atoms with Gasteiger partial charge < -0.3 is 9.64 Å². The van der Waals surface area contributed by atoms with Crippen LogP contribution in [0.1, 0.15) is 25.5 Å². The third-order valence-corrected chi connectivity index (χ3v) is 6.74. The normalized spacial score (nSPS) is 16.6. The lowest BCUT2D eigenvalue weighted by atomic mass is 9.98. The monoisotopic (exact) mass is 376 g/mol. The quantitative estimate of drug-likeness (QED) is 0.707. The molecule has 6 heteroatoms. The number of thiazole rings is 1. The van der Waals surface area contributed by atoms with Crippen LogP contribution in [0.4, 0.5) is 0 Å². The Balaban J connectivity index is 1.42. The number of para-hydroxylation sites is 1. The zero-order valence-corrected chi connectivity index (χ0v) is 16.3. The number of hydrogen-bond acceptors (Lipinski definition) is 5. The molecule has 1 aromatic heterocycles. The molecule has 0 aliphatic carbocycles. The van der Waals surface area contributed by atoms with Crippen LogP contribution < -0.4 is 4.74 Å². The molecule has 0 bridgehead atoms. The first-order chi connectivity index (χ1) is 12.1.